The average Bonchev–Trinajstić information content (AvgIpc) is 3.04. The van der Waals surface area contributed by atoms with Gasteiger partial charge in [-0.15, -0.1) is 0 Å². The SMILES string of the molecule is Cc1cc(=O)oc2cc(NC(=O)N(C)Cc3noc4c3CCCC4)ccc12. The number of urea groups is 1. The Morgan fingerprint density at radius 1 is 1.26 bits per heavy atom. The van der Waals surface area contributed by atoms with Crippen LogP contribution in [0.4, 0.5) is 10.5 Å². The van der Waals surface area contributed by atoms with E-state index in [1.807, 2.05) is 13.0 Å². The Kier molecular flexibility index (Phi) is 4.43. The molecule has 0 unspecified atom stereocenters. The number of benzene rings is 1. The summed E-state index contributed by atoms with van der Waals surface area (Å²) >= 11 is 0. The number of rotatable bonds is 3. The highest BCUT2D eigenvalue weighted by atomic mass is 16.5. The molecule has 0 spiro atoms. The lowest BCUT2D eigenvalue weighted by Gasteiger charge is -2.18. The standard InChI is InChI=1S/C20H21N3O4/c1-12-9-19(24)26-18-10-13(7-8-14(12)18)21-20(25)23(2)11-16-15-5-3-4-6-17(15)27-22-16/h7-10H,3-6,11H2,1-2H3,(H,21,25). The van der Waals surface area contributed by atoms with Gasteiger partial charge in [-0.3, -0.25) is 0 Å². The molecule has 2 amide bonds. The van der Waals surface area contributed by atoms with Crippen LogP contribution in [0.3, 0.4) is 0 Å². The van der Waals surface area contributed by atoms with E-state index < -0.39 is 5.63 Å². The van der Waals surface area contributed by atoms with Crippen LogP contribution in [0.25, 0.3) is 11.0 Å². The van der Waals surface area contributed by atoms with Crippen LogP contribution in [0.1, 0.15) is 35.4 Å². The lowest BCUT2D eigenvalue weighted by Crippen LogP contribution is -2.31. The molecule has 0 saturated heterocycles. The van der Waals surface area contributed by atoms with Gasteiger partial charge in [-0.25, -0.2) is 9.59 Å². The predicted octanol–water partition coefficient (Wildman–Crippen LogP) is 3.63. The maximum atomic E-state index is 12.5. The van der Waals surface area contributed by atoms with Gasteiger partial charge in [0.1, 0.15) is 17.0 Å². The summed E-state index contributed by atoms with van der Waals surface area (Å²) in [5.41, 5.74) is 3.41. The number of aryl methyl sites for hydroxylation is 2. The molecule has 1 aliphatic rings. The van der Waals surface area contributed by atoms with E-state index in [9.17, 15) is 9.59 Å². The topological polar surface area (TPSA) is 88.6 Å². The molecule has 0 aliphatic heterocycles. The highest BCUT2D eigenvalue weighted by Crippen LogP contribution is 2.25. The quantitative estimate of drug-likeness (QED) is 0.714. The minimum absolute atomic E-state index is 0.267. The Morgan fingerprint density at radius 3 is 2.93 bits per heavy atom. The van der Waals surface area contributed by atoms with E-state index in [1.54, 1.807) is 24.1 Å². The minimum Gasteiger partial charge on any atom is -0.423 e. The van der Waals surface area contributed by atoms with Gasteiger partial charge in [0.2, 0.25) is 0 Å². The fourth-order valence-electron chi connectivity index (χ4n) is 3.49. The number of fused-ring (bicyclic) bond motifs is 2. The Hall–Kier alpha value is -3.09. The number of nitrogens with one attached hydrogen (secondary N) is 1. The molecule has 0 bridgehead atoms. The number of hydrogen-bond donors (Lipinski definition) is 1. The molecule has 7 nitrogen and oxygen atoms in total. The third-order valence-electron chi connectivity index (χ3n) is 4.97. The summed E-state index contributed by atoms with van der Waals surface area (Å²) in [4.78, 5) is 25.7. The molecule has 0 atom stereocenters. The molecule has 0 fully saturated rings. The van der Waals surface area contributed by atoms with Crippen molar-refractivity contribution in [3.8, 4) is 0 Å². The lowest BCUT2D eigenvalue weighted by atomic mass is 9.96. The van der Waals surface area contributed by atoms with Crippen molar-refractivity contribution in [1.29, 1.82) is 0 Å². The molecule has 2 heterocycles. The van der Waals surface area contributed by atoms with E-state index in [0.717, 1.165) is 53.7 Å². The zero-order valence-electron chi connectivity index (χ0n) is 15.4. The van der Waals surface area contributed by atoms with Crippen LogP contribution < -0.4 is 10.9 Å². The van der Waals surface area contributed by atoms with Gasteiger partial charge in [0.05, 0.1) is 6.54 Å². The normalized spacial score (nSPS) is 13.4. The van der Waals surface area contributed by atoms with Crippen molar-refractivity contribution in [2.75, 3.05) is 12.4 Å². The van der Waals surface area contributed by atoms with E-state index in [1.165, 1.54) is 6.07 Å². The smallest absolute Gasteiger partial charge is 0.336 e. The number of aromatic nitrogens is 1. The molecule has 1 aliphatic carbocycles. The first-order valence-corrected chi connectivity index (χ1v) is 9.04. The van der Waals surface area contributed by atoms with Crippen LogP contribution in [0, 0.1) is 6.92 Å². The van der Waals surface area contributed by atoms with Crippen LogP contribution in [0.15, 0.2) is 38.0 Å². The maximum Gasteiger partial charge on any atom is 0.336 e. The highest BCUT2D eigenvalue weighted by Gasteiger charge is 2.21. The molecule has 7 heteroatoms. The van der Waals surface area contributed by atoms with Gasteiger partial charge >= 0.3 is 11.7 Å². The van der Waals surface area contributed by atoms with Crippen molar-refractivity contribution in [2.45, 2.75) is 39.2 Å². The molecule has 0 saturated carbocycles. The number of amides is 2. The Balaban J connectivity index is 1.49. The van der Waals surface area contributed by atoms with Crippen molar-refractivity contribution in [3.63, 3.8) is 0 Å². The number of nitrogens with zero attached hydrogens (tertiary/aromatic N) is 2. The second kappa shape index (κ2) is 6.90. The third kappa shape index (κ3) is 3.45. The fourth-order valence-corrected chi connectivity index (χ4v) is 3.49. The largest absolute Gasteiger partial charge is 0.423 e. The van der Waals surface area contributed by atoms with E-state index in [2.05, 4.69) is 10.5 Å². The van der Waals surface area contributed by atoms with Gasteiger partial charge in [-0.1, -0.05) is 5.16 Å². The van der Waals surface area contributed by atoms with Gasteiger partial charge in [0.15, 0.2) is 0 Å². The van der Waals surface area contributed by atoms with Gasteiger partial charge in [-0.2, -0.15) is 0 Å². The molecule has 0 radical (unpaired) electrons. The van der Waals surface area contributed by atoms with Crippen molar-refractivity contribution in [1.82, 2.24) is 10.1 Å². The average molecular weight is 367 g/mol. The molecular weight excluding hydrogens is 346 g/mol. The summed E-state index contributed by atoms with van der Waals surface area (Å²) in [6.45, 7) is 2.23. The first-order chi connectivity index (χ1) is 13.0. The van der Waals surface area contributed by atoms with Crippen LogP contribution in [-0.2, 0) is 19.4 Å². The second-order valence-corrected chi connectivity index (χ2v) is 6.98. The second-order valence-electron chi connectivity index (χ2n) is 6.98. The van der Waals surface area contributed by atoms with Crippen LogP contribution in [0.5, 0.6) is 0 Å². The first kappa shape index (κ1) is 17.3. The summed E-state index contributed by atoms with van der Waals surface area (Å²) < 4.78 is 10.6. The summed E-state index contributed by atoms with van der Waals surface area (Å²) in [7, 11) is 1.71. The molecular formula is C20H21N3O4. The van der Waals surface area contributed by atoms with Gasteiger partial charge in [0, 0.05) is 42.2 Å². The number of carbonyl (C=O) groups is 1. The zero-order valence-corrected chi connectivity index (χ0v) is 15.4. The minimum atomic E-state index is -0.406. The Morgan fingerprint density at radius 2 is 2.07 bits per heavy atom. The van der Waals surface area contributed by atoms with Crippen molar-refractivity contribution in [3.05, 3.63) is 57.3 Å². The predicted molar refractivity (Wildman–Crippen MR) is 101 cm³/mol. The van der Waals surface area contributed by atoms with Crippen molar-refractivity contribution in [2.24, 2.45) is 0 Å². The van der Waals surface area contributed by atoms with E-state index >= 15 is 0 Å². The summed E-state index contributed by atoms with van der Waals surface area (Å²) in [5.74, 6) is 0.949. The fraction of sp³-hybridized carbons (Fsp3) is 0.350. The van der Waals surface area contributed by atoms with E-state index in [0.29, 0.717) is 17.8 Å². The maximum absolute atomic E-state index is 12.5. The third-order valence-corrected chi connectivity index (χ3v) is 4.97. The van der Waals surface area contributed by atoms with Crippen molar-refractivity contribution < 1.29 is 13.7 Å². The number of hydrogen-bond acceptors (Lipinski definition) is 5. The zero-order chi connectivity index (χ0) is 19.0. The molecule has 1 aromatic carbocycles. The molecule has 27 heavy (non-hydrogen) atoms. The van der Waals surface area contributed by atoms with Gasteiger partial charge in [0.25, 0.3) is 0 Å². The highest BCUT2D eigenvalue weighted by molar-refractivity contribution is 5.92. The van der Waals surface area contributed by atoms with E-state index in [4.69, 9.17) is 8.94 Å². The van der Waals surface area contributed by atoms with Gasteiger partial charge in [-0.05, 0) is 43.9 Å². The monoisotopic (exact) mass is 367 g/mol. The molecule has 3 aromatic rings. The van der Waals surface area contributed by atoms with Crippen LogP contribution >= 0.6 is 0 Å². The number of anilines is 1. The number of carbonyl (C=O) groups excluding carboxylic acids is 1. The van der Waals surface area contributed by atoms with Crippen LogP contribution in [0.2, 0.25) is 0 Å². The molecule has 4 rings (SSSR count). The summed E-state index contributed by atoms with van der Waals surface area (Å²) in [5, 5.41) is 7.82. The molecule has 140 valence electrons. The first-order valence-electron chi connectivity index (χ1n) is 9.04. The Labute approximate surface area is 155 Å². The van der Waals surface area contributed by atoms with Crippen molar-refractivity contribution >= 4 is 22.7 Å². The molecule has 2 aromatic heterocycles. The Bertz CT molecular complexity index is 1070. The summed E-state index contributed by atoms with van der Waals surface area (Å²) in [6, 6.07) is 6.47. The lowest BCUT2D eigenvalue weighted by molar-refractivity contribution is 0.219. The summed E-state index contributed by atoms with van der Waals surface area (Å²) in [6.07, 6.45) is 4.11. The van der Waals surface area contributed by atoms with E-state index in [-0.39, 0.29) is 6.03 Å². The van der Waals surface area contributed by atoms with Gasteiger partial charge < -0.3 is 19.2 Å². The molecule has 1 N–H and O–H groups in total. The van der Waals surface area contributed by atoms with Crippen LogP contribution in [-0.4, -0.2) is 23.1 Å².